The molecule has 3 rings (SSSR count). The fourth-order valence-electron chi connectivity index (χ4n) is 4.44. The van der Waals surface area contributed by atoms with Crippen LogP contribution in [0.4, 0.5) is 13.6 Å². The predicted molar refractivity (Wildman–Crippen MR) is 105 cm³/mol. The summed E-state index contributed by atoms with van der Waals surface area (Å²) in [4.78, 5) is 26.5. The third-order valence-electron chi connectivity index (χ3n) is 5.87. The number of hydrogen-bond acceptors (Lipinski definition) is 3. The molecule has 1 saturated carbocycles. The Bertz CT molecular complexity index is 750. The van der Waals surface area contributed by atoms with Crippen LogP contribution < -0.4 is 5.32 Å². The van der Waals surface area contributed by atoms with E-state index in [0.29, 0.717) is 32.4 Å². The minimum atomic E-state index is -0.714. The molecule has 0 bridgehead atoms. The van der Waals surface area contributed by atoms with Gasteiger partial charge in [-0.05, 0) is 52.2 Å². The number of benzene rings is 1. The van der Waals surface area contributed by atoms with E-state index in [1.54, 1.807) is 20.8 Å². The molecule has 1 N–H and O–H groups in total. The standard InChI is InChI=1S/C22H30F2N2O3/c1-21(2,3)29-20(28)26-12-9-15(13-26)19(27)25-14-22(10-4-5-11-22)18-16(23)7-6-8-17(18)24/h6-8,15H,4-5,9-14H2,1-3H3,(H,25,27). The molecule has 1 aliphatic carbocycles. The van der Waals surface area contributed by atoms with Gasteiger partial charge in [0.05, 0.1) is 5.92 Å². The van der Waals surface area contributed by atoms with Gasteiger partial charge in [0.2, 0.25) is 5.91 Å². The summed E-state index contributed by atoms with van der Waals surface area (Å²) in [6.45, 7) is 6.35. The number of carbonyl (C=O) groups is 2. The SMILES string of the molecule is CC(C)(C)OC(=O)N1CCC(C(=O)NCC2(c3c(F)cccc3F)CCCC2)C1. The lowest BCUT2D eigenvalue weighted by Gasteiger charge is -2.31. The second-order valence-electron chi connectivity index (χ2n) is 9.21. The first-order valence-electron chi connectivity index (χ1n) is 10.3. The Kier molecular flexibility index (Phi) is 6.15. The maximum absolute atomic E-state index is 14.4. The van der Waals surface area contributed by atoms with Crippen molar-refractivity contribution in [2.75, 3.05) is 19.6 Å². The van der Waals surface area contributed by atoms with Crippen molar-refractivity contribution in [2.45, 2.75) is 63.9 Å². The Labute approximate surface area is 170 Å². The lowest BCUT2D eigenvalue weighted by atomic mass is 9.78. The molecule has 2 fully saturated rings. The molecular weight excluding hydrogens is 378 g/mol. The number of hydrogen-bond donors (Lipinski definition) is 1. The van der Waals surface area contributed by atoms with Gasteiger partial charge < -0.3 is 15.0 Å². The van der Waals surface area contributed by atoms with E-state index >= 15 is 0 Å². The fraction of sp³-hybridized carbons (Fsp3) is 0.636. The van der Waals surface area contributed by atoms with E-state index in [1.165, 1.54) is 23.1 Å². The first-order valence-corrected chi connectivity index (χ1v) is 10.3. The van der Waals surface area contributed by atoms with Crippen LogP contribution in [-0.4, -0.2) is 42.1 Å². The summed E-state index contributed by atoms with van der Waals surface area (Å²) in [7, 11) is 0. The predicted octanol–water partition coefficient (Wildman–Crippen LogP) is 4.15. The highest BCUT2D eigenvalue weighted by molar-refractivity contribution is 5.80. The van der Waals surface area contributed by atoms with Gasteiger partial charge in [-0.25, -0.2) is 13.6 Å². The van der Waals surface area contributed by atoms with Crippen molar-refractivity contribution in [3.63, 3.8) is 0 Å². The molecule has 1 aliphatic heterocycles. The molecule has 1 saturated heterocycles. The van der Waals surface area contributed by atoms with E-state index in [-0.39, 0.29) is 23.9 Å². The highest BCUT2D eigenvalue weighted by atomic mass is 19.1. The van der Waals surface area contributed by atoms with Gasteiger partial charge in [-0.15, -0.1) is 0 Å². The molecule has 2 amide bonds. The van der Waals surface area contributed by atoms with E-state index in [0.717, 1.165) is 12.8 Å². The number of carbonyl (C=O) groups excluding carboxylic acids is 2. The summed E-state index contributed by atoms with van der Waals surface area (Å²) in [5.74, 6) is -1.64. The lowest BCUT2D eigenvalue weighted by molar-refractivity contribution is -0.124. The third-order valence-corrected chi connectivity index (χ3v) is 5.87. The number of rotatable bonds is 4. The Morgan fingerprint density at radius 3 is 2.41 bits per heavy atom. The molecule has 0 aromatic heterocycles. The molecular formula is C22H30F2N2O3. The molecule has 5 nitrogen and oxygen atoms in total. The van der Waals surface area contributed by atoms with E-state index in [9.17, 15) is 18.4 Å². The van der Waals surface area contributed by atoms with Crippen molar-refractivity contribution in [3.8, 4) is 0 Å². The first kappa shape index (κ1) is 21.5. The summed E-state index contributed by atoms with van der Waals surface area (Å²) >= 11 is 0. The Morgan fingerprint density at radius 1 is 1.21 bits per heavy atom. The van der Waals surface area contributed by atoms with Crippen LogP contribution in [0.2, 0.25) is 0 Å². The molecule has 1 atom stereocenters. The maximum Gasteiger partial charge on any atom is 0.410 e. The smallest absolute Gasteiger partial charge is 0.410 e. The molecule has 0 radical (unpaired) electrons. The van der Waals surface area contributed by atoms with E-state index < -0.39 is 28.7 Å². The van der Waals surface area contributed by atoms with Gasteiger partial charge in [-0.3, -0.25) is 4.79 Å². The Balaban J connectivity index is 1.63. The monoisotopic (exact) mass is 408 g/mol. The molecule has 0 spiro atoms. The number of nitrogens with one attached hydrogen (secondary N) is 1. The van der Waals surface area contributed by atoms with Crippen LogP contribution >= 0.6 is 0 Å². The molecule has 29 heavy (non-hydrogen) atoms. The lowest BCUT2D eigenvalue weighted by Crippen LogP contribution is -2.43. The average Bonchev–Trinajstić information content (AvgIpc) is 3.29. The van der Waals surface area contributed by atoms with Gasteiger partial charge in [-0.1, -0.05) is 18.9 Å². The molecule has 160 valence electrons. The third kappa shape index (κ3) is 4.87. The number of nitrogens with zero attached hydrogens (tertiary/aromatic N) is 1. The second kappa shape index (κ2) is 8.28. The van der Waals surface area contributed by atoms with Gasteiger partial charge in [0.15, 0.2) is 0 Å². The molecule has 1 heterocycles. The van der Waals surface area contributed by atoms with E-state index in [1.807, 2.05) is 0 Å². The second-order valence-corrected chi connectivity index (χ2v) is 9.21. The summed E-state index contributed by atoms with van der Waals surface area (Å²) in [6.07, 6.45) is 3.15. The highest BCUT2D eigenvalue weighted by Crippen LogP contribution is 2.43. The van der Waals surface area contributed by atoms with Crippen molar-refractivity contribution in [3.05, 3.63) is 35.4 Å². The topological polar surface area (TPSA) is 58.6 Å². The van der Waals surface area contributed by atoms with Crippen LogP contribution in [0.1, 0.15) is 58.4 Å². The highest BCUT2D eigenvalue weighted by Gasteiger charge is 2.41. The van der Waals surface area contributed by atoms with Crippen LogP contribution in [0.25, 0.3) is 0 Å². The van der Waals surface area contributed by atoms with Crippen LogP contribution in [0, 0.1) is 17.6 Å². The van der Waals surface area contributed by atoms with Gasteiger partial charge in [0.25, 0.3) is 0 Å². The summed E-state index contributed by atoms with van der Waals surface area (Å²) in [6, 6.07) is 3.91. The summed E-state index contributed by atoms with van der Waals surface area (Å²) < 4.78 is 34.2. The summed E-state index contributed by atoms with van der Waals surface area (Å²) in [5, 5.41) is 2.92. The zero-order valence-corrected chi connectivity index (χ0v) is 17.4. The van der Waals surface area contributed by atoms with Crippen molar-refractivity contribution in [1.29, 1.82) is 0 Å². The normalized spacial score (nSPS) is 21.3. The van der Waals surface area contributed by atoms with Gasteiger partial charge in [0.1, 0.15) is 17.2 Å². The quantitative estimate of drug-likeness (QED) is 0.814. The number of halogens is 2. The first-order chi connectivity index (χ1) is 13.6. The van der Waals surface area contributed by atoms with Crippen LogP contribution in [0.3, 0.4) is 0 Å². The average molecular weight is 408 g/mol. The van der Waals surface area contributed by atoms with Crippen molar-refractivity contribution < 1.29 is 23.1 Å². The zero-order chi connectivity index (χ0) is 21.2. The maximum atomic E-state index is 14.4. The Morgan fingerprint density at radius 2 is 1.83 bits per heavy atom. The minimum absolute atomic E-state index is 0.0830. The largest absolute Gasteiger partial charge is 0.444 e. The van der Waals surface area contributed by atoms with Crippen molar-refractivity contribution in [2.24, 2.45) is 5.92 Å². The van der Waals surface area contributed by atoms with Gasteiger partial charge >= 0.3 is 6.09 Å². The number of amides is 2. The van der Waals surface area contributed by atoms with Gasteiger partial charge in [0, 0.05) is 30.6 Å². The van der Waals surface area contributed by atoms with E-state index in [2.05, 4.69) is 5.32 Å². The van der Waals surface area contributed by atoms with Crippen LogP contribution in [-0.2, 0) is 14.9 Å². The van der Waals surface area contributed by atoms with E-state index in [4.69, 9.17) is 4.74 Å². The molecule has 2 aliphatic rings. The number of ether oxygens (including phenoxy) is 1. The molecule has 7 heteroatoms. The number of likely N-dealkylation sites (tertiary alicyclic amines) is 1. The molecule has 1 aromatic carbocycles. The fourth-order valence-corrected chi connectivity index (χ4v) is 4.44. The van der Waals surface area contributed by atoms with Crippen molar-refractivity contribution in [1.82, 2.24) is 10.2 Å². The van der Waals surface area contributed by atoms with Crippen LogP contribution in [0.5, 0.6) is 0 Å². The minimum Gasteiger partial charge on any atom is -0.444 e. The van der Waals surface area contributed by atoms with Crippen LogP contribution in [0.15, 0.2) is 18.2 Å². The molecule has 1 aromatic rings. The van der Waals surface area contributed by atoms with Gasteiger partial charge in [-0.2, -0.15) is 0 Å². The zero-order valence-electron chi connectivity index (χ0n) is 17.4. The molecule has 1 unspecified atom stereocenters. The summed E-state index contributed by atoms with van der Waals surface area (Å²) in [5.41, 5.74) is -1.22. The Hall–Kier alpha value is -2.18. The van der Waals surface area contributed by atoms with Crippen molar-refractivity contribution >= 4 is 12.0 Å².